The van der Waals surface area contributed by atoms with Gasteiger partial charge in [-0.1, -0.05) is 55.3 Å². The highest BCUT2D eigenvalue weighted by molar-refractivity contribution is 6.02. The average Bonchev–Trinajstić information content (AvgIpc) is 3.83. The maximum atomic E-state index is 13.9. The number of carbonyl (C=O) groups excluding carboxylic acids is 2. The number of aromatic amines is 1. The van der Waals surface area contributed by atoms with Crippen molar-refractivity contribution in [3.8, 4) is 11.3 Å². The van der Waals surface area contributed by atoms with Crippen LogP contribution in [0.5, 0.6) is 0 Å². The van der Waals surface area contributed by atoms with Gasteiger partial charge in [-0.2, -0.15) is 0 Å². The van der Waals surface area contributed by atoms with Gasteiger partial charge in [0.2, 0.25) is 11.8 Å². The fourth-order valence-electron chi connectivity index (χ4n) is 8.37. The van der Waals surface area contributed by atoms with Crippen molar-refractivity contribution in [2.24, 2.45) is 11.6 Å². The number of ether oxygens (including phenoxy) is 5. The summed E-state index contributed by atoms with van der Waals surface area (Å²) in [5.74, 6) is 7.59. The number of hydrazine groups is 1. The number of unbranched alkanes of at least 4 members (excludes halogenated alkanes) is 3. The molecule has 3 heterocycles. The number of aliphatic hydroxyl groups is 1. The number of para-hydroxylation sites is 1. The van der Waals surface area contributed by atoms with Gasteiger partial charge in [-0.05, 0) is 60.9 Å². The molecule has 18 heteroatoms. The quantitative estimate of drug-likeness (QED) is 0.0173. The normalized spacial score (nSPS) is 13.5. The van der Waals surface area contributed by atoms with E-state index in [1.54, 1.807) is 16.0 Å². The Balaban J connectivity index is 0.760. The van der Waals surface area contributed by atoms with E-state index in [-0.39, 0.29) is 43.2 Å². The largest absolute Gasteiger partial charge is 0.453 e. The van der Waals surface area contributed by atoms with Crippen molar-refractivity contribution in [2.75, 3.05) is 103 Å². The van der Waals surface area contributed by atoms with Crippen molar-refractivity contribution in [3.63, 3.8) is 0 Å². The first-order chi connectivity index (χ1) is 35.2. The first kappa shape index (κ1) is 53.2. The average molecular weight is 989 g/mol. The third kappa shape index (κ3) is 14.7. The highest BCUT2D eigenvalue weighted by atomic mass is 16.6. The van der Waals surface area contributed by atoms with E-state index in [1.807, 2.05) is 85.9 Å². The fourth-order valence-corrected chi connectivity index (χ4v) is 8.37. The summed E-state index contributed by atoms with van der Waals surface area (Å²) in [4.78, 5) is 49.3. The van der Waals surface area contributed by atoms with Crippen LogP contribution < -0.4 is 32.5 Å². The number of rotatable bonds is 30. The molecule has 0 bridgehead atoms. The molecule has 18 nitrogen and oxygen atoms in total. The number of nitrogens with two attached hydrogens (primary N) is 2. The molecule has 1 aliphatic rings. The summed E-state index contributed by atoms with van der Waals surface area (Å²) in [5.41, 5.74) is 14.4. The highest BCUT2D eigenvalue weighted by Gasteiger charge is 2.28. The van der Waals surface area contributed by atoms with Crippen LogP contribution in [0.25, 0.3) is 44.7 Å². The van der Waals surface area contributed by atoms with Crippen LogP contribution in [0.15, 0.2) is 100 Å². The monoisotopic (exact) mass is 989 g/mol. The summed E-state index contributed by atoms with van der Waals surface area (Å²) in [6.07, 6.45) is 4.07. The van der Waals surface area contributed by atoms with Crippen molar-refractivity contribution in [3.05, 3.63) is 124 Å². The molecule has 72 heavy (non-hydrogen) atoms. The van der Waals surface area contributed by atoms with Gasteiger partial charge in [-0.3, -0.25) is 14.4 Å². The zero-order valence-electron chi connectivity index (χ0n) is 41.1. The second-order valence-corrected chi connectivity index (χ2v) is 17.2. The molecule has 2 aromatic heterocycles. The topological polar surface area (TPSA) is 242 Å². The minimum Gasteiger partial charge on any atom is -0.453 e. The van der Waals surface area contributed by atoms with Gasteiger partial charge in [0.25, 0.3) is 0 Å². The van der Waals surface area contributed by atoms with Gasteiger partial charge in [0, 0.05) is 67.9 Å². The van der Waals surface area contributed by atoms with Gasteiger partial charge in [-0.15, -0.1) is 0 Å². The molecule has 0 atom stereocenters. The van der Waals surface area contributed by atoms with Gasteiger partial charge < -0.3 is 64.5 Å². The number of benzene rings is 4. The van der Waals surface area contributed by atoms with Crippen LogP contribution >= 0.6 is 0 Å². The van der Waals surface area contributed by atoms with Crippen LogP contribution in [-0.4, -0.2) is 125 Å². The highest BCUT2D eigenvalue weighted by Crippen LogP contribution is 2.37. The molecule has 0 aliphatic carbocycles. The Morgan fingerprint density at radius 3 is 2.15 bits per heavy atom. The Hall–Kier alpha value is -6.64. The molecule has 7 rings (SSSR count). The lowest BCUT2D eigenvalue weighted by Crippen LogP contribution is -2.38. The number of hydrogen-bond donors (Lipinski definition) is 6. The molecule has 0 fully saturated rings. The van der Waals surface area contributed by atoms with Crippen LogP contribution in [0.3, 0.4) is 0 Å². The maximum absolute atomic E-state index is 13.9. The second-order valence-electron chi connectivity index (χ2n) is 17.2. The van der Waals surface area contributed by atoms with Crippen LogP contribution in [0.4, 0.5) is 11.4 Å². The lowest BCUT2D eigenvalue weighted by Gasteiger charge is -2.33. The van der Waals surface area contributed by atoms with Crippen molar-refractivity contribution in [1.29, 1.82) is 0 Å². The van der Waals surface area contributed by atoms with E-state index in [4.69, 9.17) is 49.8 Å². The standard InChI is InChI=1S/C54H68N8O10/c1-57-40-16-14-38(15-17-40)47-36-46(64)43-18-19-44-52(54(43)72-47)60-48(59-44)22-26-67-28-30-69-32-34-71-35-33-70-31-29-68-27-24-62(56)53-42-12-6-7-13-45(42)61(37-39-10-4-5-11-41(39)51(53)55)50(66)21-20-49(65)58-23-8-2-3-9-25-63/h4-7,10-19,36,57,63H,2-3,8-9,20-35,37,55-56H2,1H3,(H,58,65)(H,59,60)/b53-51-. The van der Waals surface area contributed by atoms with E-state index < -0.39 is 0 Å². The molecular weight excluding hydrogens is 921 g/mol. The molecule has 8 N–H and O–H groups in total. The minimum atomic E-state index is -0.187. The molecular formula is C54H68N8O10. The number of carbonyl (C=O) groups is 2. The first-order valence-electron chi connectivity index (χ1n) is 24.8. The van der Waals surface area contributed by atoms with E-state index in [9.17, 15) is 14.4 Å². The summed E-state index contributed by atoms with van der Waals surface area (Å²) >= 11 is 0. The number of fused-ring (bicyclic) bond motifs is 5. The van der Waals surface area contributed by atoms with Crippen LogP contribution in [0.2, 0.25) is 0 Å². The predicted octanol–water partition coefficient (Wildman–Crippen LogP) is 5.96. The molecule has 0 saturated carbocycles. The number of imidazole rings is 1. The van der Waals surface area contributed by atoms with Crippen molar-refractivity contribution < 1.29 is 42.8 Å². The number of hydrogen-bond acceptors (Lipinski definition) is 15. The zero-order valence-corrected chi connectivity index (χ0v) is 41.1. The molecule has 2 amide bonds. The predicted molar refractivity (Wildman–Crippen MR) is 279 cm³/mol. The SMILES string of the molecule is CNc1ccc(-c2cc(=O)c3ccc4[nH]c(CCOCCOCCOCCOCCOCCN(N)/C5=C(\N)c6ccccc6CN(C(=O)CCC(=O)NCCCCCCO)c6ccccc65)nc4c3o2)cc1. The summed E-state index contributed by atoms with van der Waals surface area (Å²) in [7, 11) is 1.85. The molecule has 384 valence electrons. The van der Waals surface area contributed by atoms with Crippen molar-refractivity contribution in [2.45, 2.75) is 51.5 Å². The molecule has 1 aliphatic heterocycles. The molecule has 0 radical (unpaired) electrons. The minimum absolute atomic E-state index is 0.0371. The second kappa shape index (κ2) is 27.8. The van der Waals surface area contributed by atoms with Gasteiger partial charge in [0.1, 0.15) is 17.1 Å². The van der Waals surface area contributed by atoms with Gasteiger partial charge in [0.05, 0.1) is 107 Å². The maximum Gasteiger partial charge on any atom is 0.227 e. The summed E-state index contributed by atoms with van der Waals surface area (Å²) in [6, 6.07) is 28.0. The number of amides is 2. The molecule has 6 aromatic rings. The Labute approximate surface area is 419 Å². The van der Waals surface area contributed by atoms with E-state index in [2.05, 4.69) is 15.6 Å². The number of H-pyrrole nitrogens is 1. The molecule has 0 spiro atoms. The number of anilines is 2. The van der Waals surface area contributed by atoms with Gasteiger partial charge >= 0.3 is 0 Å². The molecule has 0 saturated heterocycles. The fraction of sp³-hybridized carbons (Fsp3) is 0.407. The lowest BCUT2D eigenvalue weighted by atomic mass is 9.95. The number of aliphatic hydroxyl groups excluding tert-OH is 1. The Morgan fingerprint density at radius 1 is 0.792 bits per heavy atom. The van der Waals surface area contributed by atoms with Gasteiger partial charge in [0.15, 0.2) is 11.0 Å². The summed E-state index contributed by atoms with van der Waals surface area (Å²) < 4.78 is 34.9. The van der Waals surface area contributed by atoms with E-state index in [1.165, 1.54) is 6.07 Å². The molecule has 4 aromatic carbocycles. The third-order valence-corrected chi connectivity index (χ3v) is 12.2. The number of aromatic nitrogens is 2. The summed E-state index contributed by atoms with van der Waals surface area (Å²) in [6.45, 7) is 5.24. The molecule has 0 unspecified atom stereocenters. The van der Waals surface area contributed by atoms with E-state index >= 15 is 0 Å². The van der Waals surface area contributed by atoms with Crippen LogP contribution in [0.1, 0.15) is 61.0 Å². The van der Waals surface area contributed by atoms with E-state index in [0.717, 1.165) is 59.4 Å². The zero-order chi connectivity index (χ0) is 50.5. The third-order valence-electron chi connectivity index (χ3n) is 12.2. The number of nitrogens with zero attached hydrogens (tertiary/aromatic N) is 3. The summed E-state index contributed by atoms with van der Waals surface area (Å²) in [5, 5.41) is 17.0. The lowest BCUT2D eigenvalue weighted by molar-refractivity contribution is -0.125. The van der Waals surface area contributed by atoms with Crippen molar-refractivity contribution >= 4 is 56.6 Å². The van der Waals surface area contributed by atoms with Gasteiger partial charge in [-0.25, -0.2) is 10.8 Å². The van der Waals surface area contributed by atoms with Crippen molar-refractivity contribution in [1.82, 2.24) is 20.3 Å². The Bertz CT molecular complexity index is 2780. The smallest absolute Gasteiger partial charge is 0.227 e. The number of nitrogens with one attached hydrogen (secondary N) is 3. The van der Waals surface area contributed by atoms with Crippen LogP contribution in [-0.2, 0) is 46.2 Å². The Morgan fingerprint density at radius 2 is 1.44 bits per heavy atom. The van der Waals surface area contributed by atoms with Crippen LogP contribution in [0, 0.1) is 0 Å². The van der Waals surface area contributed by atoms with E-state index in [0.29, 0.717) is 130 Å². The Kier molecular flexibility index (Phi) is 20.5. The first-order valence-corrected chi connectivity index (χ1v) is 24.8.